The predicted molar refractivity (Wildman–Crippen MR) is 86.4 cm³/mol. The second-order valence-electron chi connectivity index (χ2n) is 9.09. The summed E-state index contributed by atoms with van der Waals surface area (Å²) in [5.74, 6) is 0.985. The topological polar surface area (TPSA) is 34.1 Å². The number of fused-ring (bicyclic) bond motifs is 5. The van der Waals surface area contributed by atoms with Gasteiger partial charge in [-0.25, -0.2) is 0 Å². The SMILES string of the molecule is C[C@]12CCC(=O)CC1C(=C(F)F)C[C@@H]1[C@H]2CC[C@]2(C)C(=O)CC[C@@H]12. The van der Waals surface area contributed by atoms with E-state index in [1.807, 2.05) is 0 Å². The van der Waals surface area contributed by atoms with E-state index in [9.17, 15) is 18.4 Å². The zero-order valence-electron chi connectivity index (χ0n) is 14.5. The Labute approximate surface area is 142 Å². The van der Waals surface area contributed by atoms with Gasteiger partial charge in [-0.1, -0.05) is 13.8 Å². The van der Waals surface area contributed by atoms with E-state index in [2.05, 4.69) is 13.8 Å². The fourth-order valence-electron chi connectivity index (χ4n) is 6.88. The highest BCUT2D eigenvalue weighted by Crippen LogP contribution is 2.66. The van der Waals surface area contributed by atoms with Crippen LogP contribution < -0.4 is 0 Å². The number of Topliss-reactive ketones (excluding diaryl/α,β-unsaturated/α-hetero) is 2. The lowest BCUT2D eigenvalue weighted by Crippen LogP contribution is -2.54. The molecule has 2 nitrogen and oxygen atoms in total. The lowest BCUT2D eigenvalue weighted by molar-refractivity contribution is -0.139. The summed E-state index contributed by atoms with van der Waals surface area (Å²) in [5.41, 5.74) is -0.273. The van der Waals surface area contributed by atoms with E-state index in [0.717, 1.165) is 25.7 Å². The largest absolute Gasteiger partial charge is 0.300 e. The number of hydrogen-bond acceptors (Lipinski definition) is 2. The second-order valence-corrected chi connectivity index (χ2v) is 9.09. The Morgan fingerprint density at radius 3 is 2.46 bits per heavy atom. The third-order valence-corrected chi connectivity index (χ3v) is 8.28. The van der Waals surface area contributed by atoms with Crippen molar-refractivity contribution in [3.05, 3.63) is 11.7 Å². The van der Waals surface area contributed by atoms with Crippen LogP contribution in [0.25, 0.3) is 0 Å². The van der Waals surface area contributed by atoms with E-state index in [-0.39, 0.29) is 46.4 Å². The maximum absolute atomic E-state index is 13.8. The Morgan fingerprint density at radius 1 is 1.00 bits per heavy atom. The predicted octanol–water partition coefficient (Wildman–Crippen LogP) is 4.93. The summed E-state index contributed by atoms with van der Waals surface area (Å²) in [6.07, 6.45) is 3.68. The summed E-state index contributed by atoms with van der Waals surface area (Å²) >= 11 is 0. The smallest absolute Gasteiger partial charge is 0.269 e. The number of carbonyl (C=O) groups is 2. The molecule has 0 aromatic heterocycles. The van der Waals surface area contributed by atoms with E-state index in [4.69, 9.17) is 0 Å². The molecule has 4 saturated carbocycles. The van der Waals surface area contributed by atoms with Crippen molar-refractivity contribution in [1.82, 2.24) is 0 Å². The van der Waals surface area contributed by atoms with Crippen molar-refractivity contribution < 1.29 is 18.4 Å². The molecule has 4 fully saturated rings. The van der Waals surface area contributed by atoms with Gasteiger partial charge in [0.15, 0.2) is 0 Å². The van der Waals surface area contributed by atoms with Gasteiger partial charge in [0.2, 0.25) is 0 Å². The van der Waals surface area contributed by atoms with Crippen LogP contribution in [0.3, 0.4) is 0 Å². The summed E-state index contributed by atoms with van der Waals surface area (Å²) in [7, 11) is 0. The monoisotopic (exact) mass is 336 g/mol. The fourth-order valence-corrected chi connectivity index (χ4v) is 6.88. The maximum Gasteiger partial charge on any atom is 0.269 e. The summed E-state index contributed by atoms with van der Waals surface area (Å²) in [4.78, 5) is 24.4. The molecule has 0 amide bonds. The van der Waals surface area contributed by atoms with Crippen molar-refractivity contribution >= 4 is 11.6 Å². The van der Waals surface area contributed by atoms with Crippen LogP contribution in [0, 0.1) is 34.5 Å². The molecule has 0 aliphatic heterocycles. The molecule has 0 N–H and O–H groups in total. The highest BCUT2D eigenvalue weighted by molar-refractivity contribution is 5.87. The first-order valence-electron chi connectivity index (χ1n) is 9.36. The average Bonchev–Trinajstić information content (AvgIpc) is 2.83. The Kier molecular flexibility index (Phi) is 3.57. The highest BCUT2D eigenvalue weighted by atomic mass is 19.3. The number of carbonyl (C=O) groups excluding carboxylic acids is 2. The van der Waals surface area contributed by atoms with Gasteiger partial charge in [-0.15, -0.1) is 0 Å². The molecule has 24 heavy (non-hydrogen) atoms. The third kappa shape index (κ3) is 2.04. The van der Waals surface area contributed by atoms with Crippen LogP contribution >= 0.6 is 0 Å². The van der Waals surface area contributed by atoms with E-state index >= 15 is 0 Å². The molecule has 132 valence electrons. The minimum absolute atomic E-state index is 0.131. The number of halogens is 2. The van der Waals surface area contributed by atoms with Gasteiger partial charge in [-0.05, 0) is 66.8 Å². The number of rotatable bonds is 0. The Balaban J connectivity index is 1.77. The zero-order valence-corrected chi connectivity index (χ0v) is 14.5. The number of hydrogen-bond donors (Lipinski definition) is 0. The standard InChI is InChI=1S/C20H26F2O2/c1-19-7-5-11(23)9-16(19)13(18(21)22)10-12-14-3-4-17(24)20(14,2)8-6-15(12)19/h12,14-16H,3-10H2,1-2H3/t12-,14-,15+,16?,19+,20-/m0/s1. The summed E-state index contributed by atoms with van der Waals surface area (Å²) in [5, 5.41) is 0. The first-order valence-corrected chi connectivity index (χ1v) is 9.36. The van der Waals surface area contributed by atoms with Crippen LogP contribution in [0.1, 0.15) is 65.2 Å². The normalized spacial score (nSPS) is 47.9. The Hall–Kier alpha value is -1.06. The van der Waals surface area contributed by atoms with Crippen LogP contribution in [-0.4, -0.2) is 11.6 Å². The summed E-state index contributed by atoms with van der Waals surface area (Å²) in [6.45, 7) is 4.21. The lowest BCUT2D eigenvalue weighted by Gasteiger charge is -2.59. The molecule has 1 unspecified atom stereocenters. The van der Waals surface area contributed by atoms with Crippen LogP contribution in [0.5, 0.6) is 0 Å². The van der Waals surface area contributed by atoms with Gasteiger partial charge in [0.1, 0.15) is 11.6 Å². The van der Waals surface area contributed by atoms with Crippen LogP contribution in [0.2, 0.25) is 0 Å². The highest BCUT2D eigenvalue weighted by Gasteiger charge is 2.61. The van der Waals surface area contributed by atoms with Crippen LogP contribution in [0.4, 0.5) is 8.78 Å². The Morgan fingerprint density at radius 2 is 1.75 bits per heavy atom. The molecule has 0 aromatic rings. The van der Waals surface area contributed by atoms with Gasteiger partial charge in [0.25, 0.3) is 6.08 Å². The first-order chi connectivity index (χ1) is 11.3. The van der Waals surface area contributed by atoms with Gasteiger partial charge < -0.3 is 0 Å². The number of ketones is 2. The summed E-state index contributed by atoms with van der Waals surface area (Å²) < 4.78 is 27.5. The molecule has 0 aromatic carbocycles. The molecule has 4 aliphatic carbocycles. The van der Waals surface area contributed by atoms with E-state index in [1.165, 1.54) is 0 Å². The van der Waals surface area contributed by atoms with Gasteiger partial charge in [-0.3, -0.25) is 9.59 Å². The molecule has 0 radical (unpaired) electrons. The molecule has 4 heteroatoms. The Bertz CT molecular complexity index is 636. The van der Waals surface area contributed by atoms with Crippen molar-refractivity contribution in [3.8, 4) is 0 Å². The van der Waals surface area contributed by atoms with Crippen molar-refractivity contribution in [2.24, 2.45) is 34.5 Å². The van der Waals surface area contributed by atoms with Gasteiger partial charge >= 0.3 is 0 Å². The molecular formula is C20H26F2O2. The molecule has 0 bridgehead atoms. The fraction of sp³-hybridized carbons (Fsp3) is 0.800. The van der Waals surface area contributed by atoms with Crippen LogP contribution in [0.15, 0.2) is 11.7 Å². The third-order valence-electron chi connectivity index (χ3n) is 8.28. The summed E-state index contributed by atoms with van der Waals surface area (Å²) in [6, 6.07) is 0. The van der Waals surface area contributed by atoms with Crippen LogP contribution in [-0.2, 0) is 9.59 Å². The molecule has 0 spiro atoms. The van der Waals surface area contributed by atoms with Crippen molar-refractivity contribution in [2.45, 2.75) is 65.2 Å². The molecule has 0 saturated heterocycles. The van der Waals surface area contributed by atoms with Crippen molar-refractivity contribution in [3.63, 3.8) is 0 Å². The van der Waals surface area contributed by atoms with Crippen molar-refractivity contribution in [2.75, 3.05) is 0 Å². The maximum atomic E-state index is 13.8. The zero-order chi connectivity index (χ0) is 17.3. The van der Waals surface area contributed by atoms with Gasteiger partial charge in [0.05, 0.1) is 0 Å². The molecule has 0 heterocycles. The minimum Gasteiger partial charge on any atom is -0.300 e. The second kappa shape index (κ2) is 5.22. The van der Waals surface area contributed by atoms with E-state index < -0.39 is 6.08 Å². The lowest BCUT2D eigenvalue weighted by atomic mass is 9.44. The molecular weight excluding hydrogens is 310 g/mol. The quantitative estimate of drug-likeness (QED) is 0.629. The number of allylic oxidation sites excluding steroid dienone is 1. The molecule has 4 rings (SSSR count). The minimum atomic E-state index is -1.57. The first kappa shape index (κ1) is 16.4. The molecule has 6 atom stereocenters. The van der Waals surface area contributed by atoms with E-state index in [1.54, 1.807) is 0 Å². The van der Waals surface area contributed by atoms with E-state index in [0.29, 0.717) is 31.0 Å². The van der Waals surface area contributed by atoms with Gasteiger partial charge in [0, 0.05) is 24.7 Å². The average molecular weight is 336 g/mol. The van der Waals surface area contributed by atoms with Crippen molar-refractivity contribution in [1.29, 1.82) is 0 Å². The van der Waals surface area contributed by atoms with Gasteiger partial charge in [-0.2, -0.15) is 8.78 Å². The molecule has 4 aliphatic rings.